The molecule has 0 bridgehead atoms. The van der Waals surface area contributed by atoms with Gasteiger partial charge < -0.3 is 22.8 Å². The minimum atomic E-state index is -3.48. The monoisotopic (exact) mass is 434 g/mol. The van der Waals surface area contributed by atoms with E-state index in [2.05, 4.69) is 0 Å². The second-order valence-corrected chi connectivity index (χ2v) is 9.76. The first kappa shape index (κ1) is 21.6. The Morgan fingerprint density at radius 3 is 1.71 bits per heavy atom. The molecule has 31 heavy (non-hydrogen) atoms. The number of methoxy groups -OCH3 is 2. The van der Waals surface area contributed by atoms with E-state index in [0.29, 0.717) is 0 Å². The van der Waals surface area contributed by atoms with Gasteiger partial charge in [0.15, 0.2) is 0 Å². The Balaban J connectivity index is 1.92. The molecule has 5 nitrogen and oxygen atoms in total. The van der Waals surface area contributed by atoms with Crippen molar-refractivity contribution in [2.24, 2.45) is 0 Å². The third-order valence-corrected chi connectivity index (χ3v) is 8.29. The van der Waals surface area contributed by atoms with Gasteiger partial charge in [0.1, 0.15) is 0 Å². The van der Waals surface area contributed by atoms with Gasteiger partial charge >= 0.3 is 14.8 Å². The molecule has 6 heteroatoms. The van der Waals surface area contributed by atoms with Crippen LogP contribution in [0.4, 0.5) is 0 Å². The van der Waals surface area contributed by atoms with Crippen molar-refractivity contribution in [3.05, 3.63) is 90.5 Å². The molecule has 0 N–H and O–H groups in total. The molecule has 0 aliphatic heterocycles. The Morgan fingerprint density at radius 2 is 1.10 bits per heavy atom. The van der Waals surface area contributed by atoms with Gasteiger partial charge in [-0.25, -0.2) is 0 Å². The van der Waals surface area contributed by atoms with E-state index < -0.39 is 14.8 Å². The molecule has 0 atom stereocenters. The summed E-state index contributed by atoms with van der Waals surface area (Å²) >= 11 is 0. The summed E-state index contributed by atoms with van der Waals surface area (Å²) in [7, 11) is 2.82. The lowest BCUT2D eigenvalue weighted by Crippen LogP contribution is -2.60. The second kappa shape index (κ2) is 8.88. The van der Waals surface area contributed by atoms with Gasteiger partial charge in [0.05, 0.1) is 0 Å². The van der Waals surface area contributed by atoms with E-state index in [1.807, 2.05) is 84.9 Å². The average molecular weight is 435 g/mol. The normalized spacial score (nSPS) is 12.5. The van der Waals surface area contributed by atoms with E-state index in [0.717, 1.165) is 32.3 Å². The smallest absolute Gasteiger partial charge is 0.373 e. The molecule has 0 amide bonds. The van der Waals surface area contributed by atoms with Gasteiger partial charge in [-0.2, -0.15) is 0 Å². The topological polar surface area (TPSA) is 46.2 Å². The molecule has 0 spiro atoms. The Hall–Kier alpha value is -2.58. The Kier molecular flexibility index (Phi) is 6.20. The standard InChI is InChI=1S/C25H26O5Si/c1-26-25(27-2,23-17-9-13-19-11-5-7-15-21(19)23)30-31(28-3,29-4)24-18-10-14-20-12-6-8-16-22(20)24/h5-18H,1-4H3. The number of hydrogen-bond donors (Lipinski definition) is 0. The SMILES string of the molecule is COC(OC)(O[Si](OC)(OC)c1cccc2ccccc12)c1cccc2ccccc12. The fraction of sp³-hybridized carbons (Fsp3) is 0.200. The van der Waals surface area contributed by atoms with Gasteiger partial charge in [-0.1, -0.05) is 84.9 Å². The highest BCUT2D eigenvalue weighted by atomic mass is 28.4. The summed E-state index contributed by atoms with van der Waals surface area (Å²) < 4.78 is 30.5. The van der Waals surface area contributed by atoms with Gasteiger partial charge in [0.2, 0.25) is 0 Å². The van der Waals surface area contributed by atoms with Crippen molar-refractivity contribution in [1.82, 2.24) is 0 Å². The minimum Gasteiger partial charge on any atom is -0.373 e. The predicted octanol–water partition coefficient (Wildman–Crippen LogP) is 4.55. The summed E-state index contributed by atoms with van der Waals surface area (Å²) in [4.78, 5) is 0. The summed E-state index contributed by atoms with van der Waals surface area (Å²) in [6.07, 6.45) is 0. The van der Waals surface area contributed by atoms with Gasteiger partial charge in [-0.3, -0.25) is 0 Å². The summed E-state index contributed by atoms with van der Waals surface area (Å²) in [5.74, 6) is -1.53. The minimum absolute atomic E-state index is 0.738. The molecule has 4 aromatic rings. The zero-order valence-electron chi connectivity index (χ0n) is 18.1. The molecule has 4 rings (SSSR count). The molecule has 0 heterocycles. The Bertz CT molecular complexity index is 1080. The highest BCUT2D eigenvalue weighted by molar-refractivity contribution is 6.77. The quantitative estimate of drug-likeness (QED) is 0.301. The summed E-state index contributed by atoms with van der Waals surface area (Å²) in [5, 5.41) is 4.92. The molecule has 0 fully saturated rings. The molecule has 0 aliphatic carbocycles. The molecule has 0 unspecified atom stereocenters. The number of fused-ring (bicyclic) bond motifs is 2. The van der Waals surface area contributed by atoms with Crippen LogP contribution in [-0.2, 0) is 28.7 Å². The first-order valence-electron chi connectivity index (χ1n) is 10.0. The lowest BCUT2D eigenvalue weighted by molar-refractivity contribution is -0.348. The van der Waals surface area contributed by atoms with Gasteiger partial charge in [-0.05, 0) is 21.5 Å². The van der Waals surface area contributed by atoms with Crippen LogP contribution in [0, 0.1) is 0 Å². The Labute approximate surface area is 183 Å². The number of benzene rings is 4. The summed E-state index contributed by atoms with van der Waals surface area (Å²) in [6.45, 7) is 0. The van der Waals surface area contributed by atoms with E-state index >= 15 is 0 Å². The van der Waals surface area contributed by atoms with Gasteiger partial charge in [-0.15, -0.1) is 0 Å². The molecule has 0 saturated carbocycles. The number of ether oxygens (including phenoxy) is 2. The van der Waals surface area contributed by atoms with Crippen LogP contribution < -0.4 is 5.19 Å². The van der Waals surface area contributed by atoms with Crippen molar-refractivity contribution < 1.29 is 22.8 Å². The maximum atomic E-state index is 6.66. The lowest BCUT2D eigenvalue weighted by atomic mass is 10.0. The van der Waals surface area contributed by atoms with Crippen LogP contribution >= 0.6 is 0 Å². The molecule has 0 aliphatic rings. The third-order valence-electron chi connectivity index (χ3n) is 5.58. The summed E-state index contributed by atoms with van der Waals surface area (Å²) in [6, 6.07) is 28.0. The fourth-order valence-corrected chi connectivity index (χ4v) is 6.42. The highest BCUT2D eigenvalue weighted by Gasteiger charge is 2.52. The average Bonchev–Trinajstić information content (AvgIpc) is 2.85. The third kappa shape index (κ3) is 3.68. The molecule has 0 aromatic heterocycles. The molecular formula is C25H26O5Si. The molecule has 4 aromatic carbocycles. The van der Waals surface area contributed by atoms with Crippen molar-refractivity contribution in [1.29, 1.82) is 0 Å². The van der Waals surface area contributed by atoms with Crippen LogP contribution in [0.2, 0.25) is 0 Å². The number of rotatable bonds is 8. The first-order valence-corrected chi connectivity index (χ1v) is 11.7. The van der Waals surface area contributed by atoms with E-state index in [9.17, 15) is 0 Å². The zero-order valence-corrected chi connectivity index (χ0v) is 19.1. The maximum absolute atomic E-state index is 6.66. The fourth-order valence-electron chi connectivity index (χ4n) is 4.04. The van der Waals surface area contributed by atoms with E-state index in [1.54, 1.807) is 28.4 Å². The van der Waals surface area contributed by atoms with Gasteiger partial charge in [0.25, 0.3) is 0 Å². The van der Waals surface area contributed by atoms with E-state index in [-0.39, 0.29) is 0 Å². The second-order valence-electron chi connectivity index (χ2n) is 7.08. The molecule has 0 radical (unpaired) electrons. The highest BCUT2D eigenvalue weighted by Crippen LogP contribution is 2.36. The van der Waals surface area contributed by atoms with Crippen LogP contribution in [0.3, 0.4) is 0 Å². The van der Waals surface area contributed by atoms with Crippen molar-refractivity contribution in [2.75, 3.05) is 28.4 Å². The van der Waals surface area contributed by atoms with Crippen LogP contribution in [0.25, 0.3) is 21.5 Å². The van der Waals surface area contributed by atoms with Crippen LogP contribution in [0.15, 0.2) is 84.9 Å². The van der Waals surface area contributed by atoms with Crippen LogP contribution in [0.1, 0.15) is 5.56 Å². The predicted molar refractivity (Wildman–Crippen MR) is 124 cm³/mol. The van der Waals surface area contributed by atoms with E-state index in [1.165, 1.54) is 0 Å². The van der Waals surface area contributed by atoms with Crippen molar-refractivity contribution in [3.63, 3.8) is 0 Å². The first-order chi connectivity index (χ1) is 15.1. The largest absolute Gasteiger partial charge is 0.541 e. The van der Waals surface area contributed by atoms with Crippen molar-refractivity contribution in [3.8, 4) is 0 Å². The zero-order chi connectivity index (χ0) is 21.9. The van der Waals surface area contributed by atoms with Crippen molar-refractivity contribution in [2.45, 2.75) is 5.97 Å². The molecular weight excluding hydrogens is 408 g/mol. The number of hydrogen-bond acceptors (Lipinski definition) is 5. The maximum Gasteiger partial charge on any atom is 0.541 e. The van der Waals surface area contributed by atoms with E-state index in [4.69, 9.17) is 22.8 Å². The lowest BCUT2D eigenvalue weighted by Gasteiger charge is -2.38. The molecule has 160 valence electrons. The van der Waals surface area contributed by atoms with Crippen LogP contribution in [-0.4, -0.2) is 37.2 Å². The van der Waals surface area contributed by atoms with Crippen LogP contribution in [0.5, 0.6) is 0 Å². The van der Waals surface area contributed by atoms with Crippen molar-refractivity contribution >= 4 is 35.5 Å². The Morgan fingerprint density at radius 1 is 0.581 bits per heavy atom. The molecule has 0 saturated heterocycles. The summed E-state index contributed by atoms with van der Waals surface area (Å²) in [5.41, 5.74) is 0.738. The van der Waals surface area contributed by atoms with Gasteiger partial charge in [0, 0.05) is 39.2 Å².